The highest BCUT2D eigenvalue weighted by Crippen LogP contribution is 2.26. The number of benzene rings is 2. The number of rotatable bonds is 5. The number of amides is 1. The zero-order chi connectivity index (χ0) is 18.5. The van der Waals surface area contributed by atoms with Crippen LogP contribution in [-0.2, 0) is 4.79 Å². The van der Waals surface area contributed by atoms with E-state index in [1.165, 1.54) is 6.07 Å². The molecule has 1 aliphatic rings. The molecule has 2 aromatic carbocycles. The number of carbonyl (C=O) groups excluding carboxylic acids is 1. The third-order valence-corrected chi connectivity index (χ3v) is 4.56. The number of hydrogen-bond acceptors (Lipinski definition) is 5. The molecule has 3 rings (SSSR count). The average Bonchev–Trinajstić information content (AvgIpc) is 2.66. The maximum absolute atomic E-state index is 12.8. The van der Waals surface area contributed by atoms with Gasteiger partial charge in [-0.1, -0.05) is 35.9 Å². The minimum Gasteiger partial charge on any atom is -0.371 e. The first-order valence-corrected chi connectivity index (χ1v) is 8.67. The molecule has 0 saturated carbocycles. The fourth-order valence-electron chi connectivity index (χ4n) is 3.07. The summed E-state index contributed by atoms with van der Waals surface area (Å²) in [7, 11) is 0. The number of halogens is 2. The van der Waals surface area contributed by atoms with Crippen molar-refractivity contribution in [2.24, 2.45) is 0 Å². The number of carbonyl (C=O) groups is 1. The van der Waals surface area contributed by atoms with Gasteiger partial charge in [-0.2, -0.15) is 0 Å². The summed E-state index contributed by atoms with van der Waals surface area (Å²) in [6.07, 6.45) is 0. The number of nitrogens with one attached hydrogen (secondary N) is 2. The molecule has 2 N–H and O–H groups in total. The third kappa shape index (κ3) is 5.09. The number of piperazine rings is 1. The predicted octanol–water partition coefficient (Wildman–Crippen LogP) is 3.26. The zero-order valence-electron chi connectivity index (χ0n) is 14.4. The molecule has 0 bridgehead atoms. The quantitative estimate of drug-likeness (QED) is 0.583. The smallest absolute Gasteiger partial charge is 0.292 e. The highest BCUT2D eigenvalue weighted by Gasteiger charge is 2.28. The Bertz CT molecular complexity index is 819. The van der Waals surface area contributed by atoms with E-state index in [1.807, 2.05) is 18.2 Å². The Balaban J connectivity index is 0.00000261. The lowest BCUT2D eigenvalue weighted by atomic mass is 10.0. The SMILES string of the molecule is Cl.O=C(CNc1ccccc1[N+](=O)[O-])N1CCNCC1c1cccc(Cl)c1. The van der Waals surface area contributed by atoms with Gasteiger partial charge in [0.2, 0.25) is 5.91 Å². The van der Waals surface area contributed by atoms with E-state index >= 15 is 0 Å². The Hall–Kier alpha value is -2.35. The Morgan fingerprint density at radius 3 is 2.81 bits per heavy atom. The van der Waals surface area contributed by atoms with Crippen LogP contribution in [-0.4, -0.2) is 41.9 Å². The summed E-state index contributed by atoms with van der Waals surface area (Å²) in [5.74, 6) is -0.116. The van der Waals surface area contributed by atoms with Crippen LogP contribution in [0, 0.1) is 10.1 Å². The van der Waals surface area contributed by atoms with Crippen molar-refractivity contribution in [1.29, 1.82) is 0 Å². The van der Waals surface area contributed by atoms with Gasteiger partial charge in [0.05, 0.1) is 17.5 Å². The molecule has 0 aromatic heterocycles. The van der Waals surface area contributed by atoms with Crippen LogP contribution in [0.5, 0.6) is 0 Å². The van der Waals surface area contributed by atoms with Crippen LogP contribution in [0.4, 0.5) is 11.4 Å². The minimum absolute atomic E-state index is 0. The van der Waals surface area contributed by atoms with E-state index in [0.29, 0.717) is 30.3 Å². The first-order chi connectivity index (χ1) is 12.6. The summed E-state index contributed by atoms with van der Waals surface area (Å²) in [6, 6.07) is 13.6. The maximum atomic E-state index is 12.8. The van der Waals surface area contributed by atoms with Crippen LogP contribution in [0.3, 0.4) is 0 Å². The van der Waals surface area contributed by atoms with Gasteiger partial charge < -0.3 is 15.5 Å². The second kappa shape index (κ2) is 9.55. The molecule has 0 aliphatic carbocycles. The lowest BCUT2D eigenvalue weighted by molar-refractivity contribution is -0.383. The summed E-state index contributed by atoms with van der Waals surface area (Å²) >= 11 is 6.08. The number of para-hydroxylation sites is 2. The molecule has 0 spiro atoms. The van der Waals surface area contributed by atoms with Crippen molar-refractivity contribution < 1.29 is 9.72 Å². The first-order valence-electron chi connectivity index (χ1n) is 8.29. The van der Waals surface area contributed by atoms with E-state index in [0.717, 1.165) is 5.56 Å². The number of nitro benzene ring substituents is 1. The Kier molecular flexibility index (Phi) is 7.41. The van der Waals surface area contributed by atoms with E-state index in [4.69, 9.17) is 11.6 Å². The van der Waals surface area contributed by atoms with Gasteiger partial charge in [-0.05, 0) is 23.8 Å². The average molecular weight is 411 g/mol. The molecule has 0 radical (unpaired) electrons. The van der Waals surface area contributed by atoms with Gasteiger partial charge in [0.15, 0.2) is 0 Å². The summed E-state index contributed by atoms with van der Waals surface area (Å²) in [5.41, 5.74) is 1.25. The number of anilines is 1. The minimum atomic E-state index is -0.466. The number of hydrogen-bond donors (Lipinski definition) is 2. The molecule has 144 valence electrons. The van der Waals surface area contributed by atoms with E-state index in [9.17, 15) is 14.9 Å². The highest BCUT2D eigenvalue weighted by atomic mass is 35.5. The van der Waals surface area contributed by atoms with Crippen molar-refractivity contribution >= 4 is 41.3 Å². The van der Waals surface area contributed by atoms with Crippen LogP contribution in [0.15, 0.2) is 48.5 Å². The normalized spacial score (nSPS) is 16.3. The van der Waals surface area contributed by atoms with Gasteiger partial charge in [-0.15, -0.1) is 12.4 Å². The fraction of sp³-hybridized carbons (Fsp3) is 0.278. The lowest BCUT2D eigenvalue weighted by Gasteiger charge is -2.36. The standard InChI is InChI=1S/C18H19ClN4O3.ClH/c19-14-5-3-4-13(10-14)17-11-20-8-9-22(17)18(24)12-21-15-6-1-2-7-16(15)23(25)26;/h1-7,10,17,20-21H,8-9,11-12H2;1H. The van der Waals surface area contributed by atoms with Crippen molar-refractivity contribution in [1.82, 2.24) is 10.2 Å². The van der Waals surface area contributed by atoms with Gasteiger partial charge in [-0.3, -0.25) is 14.9 Å². The second-order valence-corrected chi connectivity index (χ2v) is 6.43. The monoisotopic (exact) mass is 410 g/mol. The highest BCUT2D eigenvalue weighted by molar-refractivity contribution is 6.30. The van der Waals surface area contributed by atoms with E-state index in [2.05, 4.69) is 10.6 Å². The topological polar surface area (TPSA) is 87.5 Å². The van der Waals surface area contributed by atoms with E-state index in [1.54, 1.807) is 29.2 Å². The summed E-state index contributed by atoms with van der Waals surface area (Å²) in [6.45, 7) is 1.89. The molecule has 1 fully saturated rings. The largest absolute Gasteiger partial charge is 0.371 e. The molecule has 1 aliphatic heterocycles. The molecule has 1 saturated heterocycles. The molecule has 1 atom stereocenters. The van der Waals surface area contributed by atoms with Crippen molar-refractivity contribution in [3.8, 4) is 0 Å². The van der Waals surface area contributed by atoms with Crippen LogP contribution < -0.4 is 10.6 Å². The molecule has 9 heteroatoms. The van der Waals surface area contributed by atoms with Gasteiger partial charge in [0.1, 0.15) is 5.69 Å². The maximum Gasteiger partial charge on any atom is 0.292 e. The lowest BCUT2D eigenvalue weighted by Crippen LogP contribution is -2.50. The van der Waals surface area contributed by atoms with E-state index < -0.39 is 4.92 Å². The molecular formula is C18H20Cl2N4O3. The summed E-state index contributed by atoms with van der Waals surface area (Å²) in [5, 5.41) is 17.9. The molecule has 1 heterocycles. The van der Waals surface area contributed by atoms with Crippen LogP contribution in [0.25, 0.3) is 0 Å². The van der Waals surface area contributed by atoms with Gasteiger partial charge >= 0.3 is 0 Å². The second-order valence-electron chi connectivity index (χ2n) is 5.99. The van der Waals surface area contributed by atoms with Crippen molar-refractivity contribution in [2.75, 3.05) is 31.5 Å². The van der Waals surface area contributed by atoms with Gasteiger partial charge in [-0.25, -0.2) is 0 Å². The van der Waals surface area contributed by atoms with Crippen molar-refractivity contribution in [3.63, 3.8) is 0 Å². The van der Waals surface area contributed by atoms with Crippen LogP contribution >= 0.6 is 24.0 Å². The number of nitrogens with zero attached hydrogens (tertiary/aromatic N) is 2. The summed E-state index contributed by atoms with van der Waals surface area (Å²) < 4.78 is 0. The molecule has 1 amide bonds. The molecular weight excluding hydrogens is 391 g/mol. The number of nitro groups is 1. The predicted molar refractivity (Wildman–Crippen MR) is 108 cm³/mol. The van der Waals surface area contributed by atoms with Crippen LogP contribution in [0.2, 0.25) is 5.02 Å². The molecule has 2 aromatic rings. The van der Waals surface area contributed by atoms with Crippen molar-refractivity contribution in [3.05, 3.63) is 69.2 Å². The zero-order valence-corrected chi connectivity index (χ0v) is 16.0. The van der Waals surface area contributed by atoms with Crippen LogP contribution in [0.1, 0.15) is 11.6 Å². The molecule has 1 unspecified atom stereocenters. The summed E-state index contributed by atoms with van der Waals surface area (Å²) in [4.78, 5) is 25.2. The third-order valence-electron chi connectivity index (χ3n) is 4.33. The Morgan fingerprint density at radius 2 is 2.07 bits per heavy atom. The van der Waals surface area contributed by atoms with Crippen molar-refractivity contribution in [2.45, 2.75) is 6.04 Å². The molecule has 7 nitrogen and oxygen atoms in total. The Morgan fingerprint density at radius 1 is 1.30 bits per heavy atom. The fourth-order valence-corrected chi connectivity index (χ4v) is 3.27. The van der Waals surface area contributed by atoms with Gasteiger partial charge in [0, 0.05) is 30.7 Å². The Labute approximate surface area is 168 Å². The first kappa shape index (κ1) is 21.0. The van der Waals surface area contributed by atoms with Gasteiger partial charge in [0.25, 0.3) is 5.69 Å². The van der Waals surface area contributed by atoms with E-state index in [-0.39, 0.29) is 36.6 Å². The molecule has 27 heavy (non-hydrogen) atoms.